The summed E-state index contributed by atoms with van der Waals surface area (Å²) in [7, 11) is 0. The summed E-state index contributed by atoms with van der Waals surface area (Å²) >= 11 is 0. The van der Waals surface area contributed by atoms with Crippen molar-refractivity contribution in [3.05, 3.63) is 58.8 Å². The Morgan fingerprint density at radius 1 is 1.22 bits per heavy atom. The Hall–Kier alpha value is -3.20. The summed E-state index contributed by atoms with van der Waals surface area (Å²) in [5, 5.41) is 3.06. The van der Waals surface area contributed by atoms with Gasteiger partial charge in [0.05, 0.1) is 6.10 Å². The van der Waals surface area contributed by atoms with Crippen LogP contribution in [0.5, 0.6) is 5.88 Å². The Kier molecular flexibility index (Phi) is 6.16. The number of aromatic nitrogens is 2. The van der Waals surface area contributed by atoms with Gasteiger partial charge in [0, 0.05) is 37.1 Å². The molecule has 2 aromatic heterocycles. The van der Waals surface area contributed by atoms with E-state index in [1.165, 1.54) is 5.57 Å². The summed E-state index contributed by atoms with van der Waals surface area (Å²) < 4.78 is 5.52. The van der Waals surface area contributed by atoms with Crippen molar-refractivity contribution in [3.8, 4) is 17.7 Å². The molecular weight excluding hydrogens is 340 g/mol. The molecule has 0 bridgehead atoms. The first-order valence-electron chi connectivity index (χ1n) is 9.01. The molecule has 1 fully saturated rings. The number of pyridine rings is 2. The predicted octanol–water partition coefficient (Wildman–Crippen LogP) is 4.24. The number of rotatable bonds is 4. The van der Waals surface area contributed by atoms with Gasteiger partial charge in [-0.15, -0.1) is 4.91 Å². The maximum absolute atomic E-state index is 10.9. The Balaban J connectivity index is 1.58. The highest BCUT2D eigenvalue weighted by Crippen LogP contribution is 2.28. The Labute approximate surface area is 159 Å². The molecule has 0 radical (unpaired) electrons. The van der Waals surface area contributed by atoms with Crippen LogP contribution in [0.1, 0.15) is 32.3 Å². The molecule has 1 saturated heterocycles. The summed E-state index contributed by atoms with van der Waals surface area (Å²) in [5.41, 5.74) is 2.54. The SMILES string of the molecule is CC(C)Oc1ccc(C#CC=C2CCN(c3ncccc3N=O)CC2)cn1. The van der Waals surface area contributed by atoms with E-state index < -0.39 is 0 Å². The molecule has 0 aromatic carbocycles. The predicted molar refractivity (Wildman–Crippen MR) is 106 cm³/mol. The molecule has 0 spiro atoms. The maximum atomic E-state index is 10.9. The Bertz CT molecular complexity index is 869. The third kappa shape index (κ3) is 5.14. The first-order valence-corrected chi connectivity index (χ1v) is 9.01. The number of allylic oxidation sites excluding steroid dienone is 1. The number of nitrogens with zero attached hydrogens (tertiary/aromatic N) is 4. The van der Waals surface area contributed by atoms with Gasteiger partial charge in [0.1, 0.15) is 5.69 Å². The fourth-order valence-electron chi connectivity index (χ4n) is 2.84. The first-order chi connectivity index (χ1) is 13.2. The van der Waals surface area contributed by atoms with Crippen LogP contribution >= 0.6 is 0 Å². The fourth-order valence-corrected chi connectivity index (χ4v) is 2.84. The number of hydrogen-bond donors (Lipinski definition) is 0. The van der Waals surface area contributed by atoms with E-state index in [4.69, 9.17) is 4.74 Å². The van der Waals surface area contributed by atoms with Crippen LogP contribution < -0.4 is 9.64 Å². The third-order valence-corrected chi connectivity index (χ3v) is 4.16. The lowest BCUT2D eigenvalue weighted by molar-refractivity contribution is 0.232. The van der Waals surface area contributed by atoms with Gasteiger partial charge in [-0.3, -0.25) is 0 Å². The van der Waals surface area contributed by atoms with E-state index in [0.717, 1.165) is 31.5 Å². The molecule has 6 nitrogen and oxygen atoms in total. The number of nitroso groups, excluding NO2 is 1. The smallest absolute Gasteiger partial charge is 0.213 e. The summed E-state index contributed by atoms with van der Waals surface area (Å²) in [6.07, 6.45) is 7.28. The second-order valence-electron chi connectivity index (χ2n) is 6.55. The van der Waals surface area contributed by atoms with E-state index in [0.29, 0.717) is 17.4 Å². The lowest BCUT2D eigenvalue weighted by Gasteiger charge is -2.29. The normalized spacial score (nSPS) is 13.7. The highest BCUT2D eigenvalue weighted by molar-refractivity contribution is 5.61. The molecule has 1 aliphatic heterocycles. The van der Waals surface area contributed by atoms with Crippen LogP contribution in [0.4, 0.5) is 11.5 Å². The first kappa shape index (κ1) is 18.6. The molecule has 0 saturated carbocycles. The molecule has 6 heteroatoms. The average Bonchev–Trinajstić information content (AvgIpc) is 2.69. The summed E-state index contributed by atoms with van der Waals surface area (Å²) in [6, 6.07) is 7.16. The van der Waals surface area contributed by atoms with Gasteiger partial charge < -0.3 is 9.64 Å². The molecule has 3 rings (SSSR count). The largest absolute Gasteiger partial charge is 0.475 e. The molecule has 0 N–H and O–H groups in total. The van der Waals surface area contributed by atoms with E-state index >= 15 is 0 Å². The summed E-state index contributed by atoms with van der Waals surface area (Å²) in [4.78, 5) is 21.6. The summed E-state index contributed by atoms with van der Waals surface area (Å²) in [5.74, 6) is 7.49. The zero-order valence-corrected chi connectivity index (χ0v) is 15.6. The van der Waals surface area contributed by atoms with Crippen molar-refractivity contribution in [1.29, 1.82) is 0 Å². The average molecular weight is 362 g/mol. The van der Waals surface area contributed by atoms with Gasteiger partial charge in [0.25, 0.3) is 0 Å². The highest BCUT2D eigenvalue weighted by atomic mass is 16.5. The van der Waals surface area contributed by atoms with Crippen molar-refractivity contribution in [1.82, 2.24) is 9.97 Å². The highest BCUT2D eigenvalue weighted by Gasteiger charge is 2.18. The van der Waals surface area contributed by atoms with Crippen molar-refractivity contribution in [2.45, 2.75) is 32.8 Å². The molecule has 0 aliphatic carbocycles. The molecule has 0 unspecified atom stereocenters. The minimum atomic E-state index is 0.106. The number of hydrogen-bond acceptors (Lipinski definition) is 6. The van der Waals surface area contributed by atoms with Gasteiger partial charge in [-0.2, -0.15) is 0 Å². The van der Waals surface area contributed by atoms with Crippen molar-refractivity contribution in [2.75, 3.05) is 18.0 Å². The Morgan fingerprint density at radius 3 is 2.70 bits per heavy atom. The molecule has 0 atom stereocenters. The Morgan fingerprint density at radius 2 is 2.04 bits per heavy atom. The number of anilines is 1. The molecule has 27 heavy (non-hydrogen) atoms. The topological polar surface area (TPSA) is 67.7 Å². The van der Waals surface area contributed by atoms with Crippen LogP contribution in [-0.4, -0.2) is 29.2 Å². The van der Waals surface area contributed by atoms with Crippen LogP contribution in [0, 0.1) is 16.7 Å². The van der Waals surface area contributed by atoms with E-state index in [-0.39, 0.29) is 6.10 Å². The zero-order chi connectivity index (χ0) is 19.1. The van der Waals surface area contributed by atoms with Crippen LogP contribution in [0.15, 0.2) is 53.5 Å². The molecule has 1 aliphatic rings. The van der Waals surface area contributed by atoms with Crippen molar-refractivity contribution in [3.63, 3.8) is 0 Å². The van der Waals surface area contributed by atoms with Gasteiger partial charge in [-0.1, -0.05) is 17.4 Å². The van der Waals surface area contributed by atoms with E-state index in [1.807, 2.05) is 32.1 Å². The molecule has 2 aromatic rings. The van der Waals surface area contributed by atoms with Crippen LogP contribution in [0.2, 0.25) is 0 Å². The van der Waals surface area contributed by atoms with E-state index in [1.54, 1.807) is 24.5 Å². The van der Waals surface area contributed by atoms with Gasteiger partial charge >= 0.3 is 0 Å². The molecule has 3 heterocycles. The second-order valence-corrected chi connectivity index (χ2v) is 6.55. The maximum Gasteiger partial charge on any atom is 0.213 e. The standard InChI is InChI=1S/C21H22N4O2/c1-16(2)27-20-9-8-18(15-23-20)6-3-5-17-10-13-25(14-11-17)21-19(24-26)7-4-12-22-21/h4-5,7-9,12,15-16H,10-11,13-14H2,1-2H3. The third-order valence-electron chi connectivity index (χ3n) is 4.16. The number of ether oxygens (including phenoxy) is 1. The van der Waals surface area contributed by atoms with Gasteiger partial charge in [0.2, 0.25) is 5.88 Å². The van der Waals surface area contributed by atoms with Crippen molar-refractivity contribution >= 4 is 11.5 Å². The quantitative estimate of drug-likeness (QED) is 0.601. The van der Waals surface area contributed by atoms with Crippen molar-refractivity contribution in [2.24, 2.45) is 5.18 Å². The minimum Gasteiger partial charge on any atom is -0.475 e. The number of piperidine rings is 1. The monoisotopic (exact) mass is 362 g/mol. The van der Waals surface area contributed by atoms with E-state index in [2.05, 4.69) is 31.9 Å². The van der Waals surface area contributed by atoms with Crippen LogP contribution in [0.25, 0.3) is 0 Å². The molecular formula is C21H22N4O2. The lowest BCUT2D eigenvalue weighted by atomic mass is 10.0. The van der Waals surface area contributed by atoms with Crippen LogP contribution in [0.3, 0.4) is 0 Å². The van der Waals surface area contributed by atoms with Crippen molar-refractivity contribution < 1.29 is 4.74 Å². The van der Waals surface area contributed by atoms with Gasteiger partial charge in [0.15, 0.2) is 5.82 Å². The fraction of sp³-hybridized carbons (Fsp3) is 0.333. The second kappa shape index (κ2) is 8.95. The van der Waals surface area contributed by atoms with Crippen LogP contribution in [-0.2, 0) is 0 Å². The van der Waals surface area contributed by atoms with Gasteiger partial charge in [-0.05, 0) is 56.1 Å². The lowest BCUT2D eigenvalue weighted by Crippen LogP contribution is -2.31. The summed E-state index contributed by atoms with van der Waals surface area (Å²) in [6.45, 7) is 5.54. The molecule has 0 amide bonds. The zero-order valence-electron chi connectivity index (χ0n) is 15.6. The van der Waals surface area contributed by atoms with Gasteiger partial charge in [-0.25, -0.2) is 9.97 Å². The minimum absolute atomic E-state index is 0.106. The van der Waals surface area contributed by atoms with E-state index in [9.17, 15) is 4.91 Å². The molecule has 138 valence electrons.